The van der Waals surface area contributed by atoms with Gasteiger partial charge in [-0.1, -0.05) is 13.3 Å². The lowest BCUT2D eigenvalue weighted by Gasteiger charge is -2.10. The fourth-order valence-corrected chi connectivity index (χ4v) is 2.13. The molecule has 0 atom stereocenters. The standard InChI is InChI=1S/C10H11F3O4S/c1-2-3-4-5-6(11)8(13)10(18(15,16)17)9(14)7(5)12/h14H,2-4H2,1H3,(H,15,16,17). The van der Waals surface area contributed by atoms with Gasteiger partial charge < -0.3 is 5.11 Å². The Bertz CT molecular complexity index is 540. The van der Waals surface area contributed by atoms with Crippen LogP contribution in [0.1, 0.15) is 25.3 Å². The van der Waals surface area contributed by atoms with Crippen molar-refractivity contribution in [1.82, 2.24) is 0 Å². The van der Waals surface area contributed by atoms with Crippen molar-refractivity contribution in [2.75, 3.05) is 0 Å². The molecule has 0 fully saturated rings. The highest BCUT2D eigenvalue weighted by atomic mass is 32.2. The van der Waals surface area contributed by atoms with Crippen LogP contribution < -0.4 is 0 Å². The van der Waals surface area contributed by atoms with Gasteiger partial charge in [-0.3, -0.25) is 4.55 Å². The van der Waals surface area contributed by atoms with Crippen molar-refractivity contribution < 1.29 is 31.2 Å². The first-order valence-electron chi connectivity index (χ1n) is 5.07. The van der Waals surface area contributed by atoms with Crippen molar-refractivity contribution in [2.24, 2.45) is 0 Å². The van der Waals surface area contributed by atoms with Gasteiger partial charge >= 0.3 is 10.1 Å². The zero-order valence-electron chi connectivity index (χ0n) is 9.37. The Labute approximate surface area is 102 Å². The van der Waals surface area contributed by atoms with E-state index in [1.807, 2.05) is 0 Å². The van der Waals surface area contributed by atoms with Crippen molar-refractivity contribution >= 4 is 10.1 Å². The highest BCUT2D eigenvalue weighted by molar-refractivity contribution is 7.86. The molecule has 4 nitrogen and oxygen atoms in total. The average molecular weight is 284 g/mol. The van der Waals surface area contributed by atoms with Crippen molar-refractivity contribution in [2.45, 2.75) is 31.1 Å². The summed E-state index contributed by atoms with van der Waals surface area (Å²) in [5, 5.41) is 9.20. The molecule has 0 amide bonds. The molecule has 0 heterocycles. The predicted octanol–water partition coefficient (Wildman–Crippen LogP) is 2.40. The first-order chi connectivity index (χ1) is 8.21. The van der Waals surface area contributed by atoms with Gasteiger partial charge in [-0.2, -0.15) is 8.42 Å². The van der Waals surface area contributed by atoms with Crippen LogP contribution in [-0.4, -0.2) is 18.1 Å². The summed E-state index contributed by atoms with van der Waals surface area (Å²) in [6.07, 6.45) is 0.712. The van der Waals surface area contributed by atoms with E-state index in [-0.39, 0.29) is 6.42 Å². The fourth-order valence-electron chi connectivity index (χ4n) is 1.48. The van der Waals surface area contributed by atoms with E-state index in [0.717, 1.165) is 0 Å². The van der Waals surface area contributed by atoms with Gasteiger partial charge in [-0.05, 0) is 12.8 Å². The third-order valence-corrected chi connectivity index (χ3v) is 3.27. The maximum Gasteiger partial charge on any atom is 0.301 e. The van der Waals surface area contributed by atoms with Crippen LogP contribution >= 0.6 is 0 Å². The van der Waals surface area contributed by atoms with E-state index in [4.69, 9.17) is 4.55 Å². The third kappa shape index (κ3) is 2.59. The molecule has 0 aromatic heterocycles. The van der Waals surface area contributed by atoms with Gasteiger partial charge in [0.15, 0.2) is 28.1 Å². The number of phenols is 1. The topological polar surface area (TPSA) is 74.6 Å². The van der Waals surface area contributed by atoms with Gasteiger partial charge in [-0.25, -0.2) is 13.2 Å². The molecule has 0 bridgehead atoms. The van der Waals surface area contributed by atoms with Crippen molar-refractivity contribution in [1.29, 1.82) is 0 Å². The van der Waals surface area contributed by atoms with Crippen LogP contribution in [-0.2, 0) is 16.5 Å². The minimum absolute atomic E-state index is 0.190. The molecule has 0 aliphatic carbocycles. The lowest BCUT2D eigenvalue weighted by atomic mass is 10.1. The number of phenolic OH excluding ortho intramolecular Hbond substituents is 1. The molecule has 1 aromatic carbocycles. The predicted molar refractivity (Wildman–Crippen MR) is 56.4 cm³/mol. The van der Waals surface area contributed by atoms with Crippen LogP contribution in [0.2, 0.25) is 0 Å². The highest BCUT2D eigenvalue weighted by Gasteiger charge is 2.31. The summed E-state index contributed by atoms with van der Waals surface area (Å²) in [6.45, 7) is 1.73. The van der Waals surface area contributed by atoms with Crippen LogP contribution in [0.4, 0.5) is 13.2 Å². The largest absolute Gasteiger partial charge is 0.504 e. The average Bonchev–Trinajstić information content (AvgIpc) is 2.25. The second-order valence-electron chi connectivity index (χ2n) is 3.68. The Kier molecular flexibility index (Phi) is 4.23. The van der Waals surface area contributed by atoms with E-state index >= 15 is 0 Å². The minimum atomic E-state index is -5.25. The fraction of sp³-hybridized carbons (Fsp3) is 0.400. The van der Waals surface area contributed by atoms with Gasteiger partial charge in [0, 0.05) is 5.56 Å². The van der Waals surface area contributed by atoms with E-state index in [0.29, 0.717) is 12.8 Å². The maximum atomic E-state index is 13.5. The van der Waals surface area contributed by atoms with Gasteiger partial charge in [0.05, 0.1) is 0 Å². The second kappa shape index (κ2) is 5.15. The van der Waals surface area contributed by atoms with Crippen LogP contribution in [0.3, 0.4) is 0 Å². The number of aromatic hydroxyl groups is 1. The van der Waals surface area contributed by atoms with E-state index < -0.39 is 43.8 Å². The molecule has 0 radical (unpaired) electrons. The summed E-state index contributed by atoms with van der Waals surface area (Å²) >= 11 is 0. The normalized spacial score (nSPS) is 11.8. The Morgan fingerprint density at radius 1 is 1.11 bits per heavy atom. The summed E-state index contributed by atoms with van der Waals surface area (Å²) in [4.78, 5) is -1.78. The van der Waals surface area contributed by atoms with Crippen molar-refractivity contribution in [3.63, 3.8) is 0 Å². The zero-order valence-corrected chi connectivity index (χ0v) is 10.2. The molecule has 1 aromatic rings. The Morgan fingerprint density at radius 2 is 1.67 bits per heavy atom. The molecule has 18 heavy (non-hydrogen) atoms. The number of hydrogen-bond donors (Lipinski definition) is 2. The number of halogens is 3. The van der Waals surface area contributed by atoms with Crippen LogP contribution in [0.5, 0.6) is 5.75 Å². The molecule has 0 saturated carbocycles. The van der Waals surface area contributed by atoms with E-state index in [9.17, 15) is 26.7 Å². The SMILES string of the molecule is CCCCc1c(F)c(O)c(S(=O)(=O)O)c(F)c1F. The van der Waals surface area contributed by atoms with Gasteiger partial charge in [-0.15, -0.1) is 0 Å². The summed E-state index contributed by atoms with van der Waals surface area (Å²) < 4.78 is 70.4. The number of unbranched alkanes of at least 4 members (excludes halogenated alkanes) is 1. The van der Waals surface area contributed by atoms with Gasteiger partial charge in [0.1, 0.15) is 0 Å². The molecule has 2 N–H and O–H groups in total. The van der Waals surface area contributed by atoms with Gasteiger partial charge in [0.2, 0.25) is 0 Å². The quantitative estimate of drug-likeness (QED) is 0.657. The Hall–Kier alpha value is -1.28. The Morgan fingerprint density at radius 3 is 2.11 bits per heavy atom. The smallest absolute Gasteiger partial charge is 0.301 e. The van der Waals surface area contributed by atoms with E-state index in [1.54, 1.807) is 6.92 Å². The van der Waals surface area contributed by atoms with Crippen LogP contribution in [0.15, 0.2) is 4.90 Å². The monoisotopic (exact) mass is 284 g/mol. The molecule has 0 saturated heterocycles. The molecular formula is C10H11F3O4S. The lowest BCUT2D eigenvalue weighted by molar-refractivity contribution is 0.372. The number of hydrogen-bond acceptors (Lipinski definition) is 3. The van der Waals surface area contributed by atoms with Crippen LogP contribution in [0, 0.1) is 17.5 Å². The highest BCUT2D eigenvalue weighted by Crippen LogP contribution is 2.34. The van der Waals surface area contributed by atoms with Crippen molar-refractivity contribution in [3.8, 4) is 5.75 Å². The van der Waals surface area contributed by atoms with E-state index in [1.165, 1.54) is 0 Å². The number of rotatable bonds is 4. The minimum Gasteiger partial charge on any atom is -0.504 e. The van der Waals surface area contributed by atoms with Crippen LogP contribution in [0.25, 0.3) is 0 Å². The molecule has 0 aliphatic rings. The summed E-state index contributed by atoms with van der Waals surface area (Å²) in [5.41, 5.74) is -0.737. The lowest BCUT2D eigenvalue weighted by Crippen LogP contribution is -2.09. The Balaban J connectivity index is 3.56. The molecule has 0 spiro atoms. The summed E-state index contributed by atoms with van der Waals surface area (Å²) in [6, 6.07) is 0. The third-order valence-electron chi connectivity index (χ3n) is 2.38. The molecule has 0 unspecified atom stereocenters. The summed E-state index contributed by atoms with van der Waals surface area (Å²) in [5.74, 6) is -6.88. The van der Waals surface area contributed by atoms with Crippen molar-refractivity contribution in [3.05, 3.63) is 23.0 Å². The molecular weight excluding hydrogens is 273 g/mol. The van der Waals surface area contributed by atoms with Gasteiger partial charge in [0.25, 0.3) is 0 Å². The molecule has 8 heteroatoms. The molecule has 102 valence electrons. The zero-order chi connectivity index (χ0) is 14.1. The second-order valence-corrected chi connectivity index (χ2v) is 5.04. The molecule has 0 aliphatic heterocycles. The molecule has 1 rings (SSSR count). The first-order valence-corrected chi connectivity index (χ1v) is 6.51. The first kappa shape index (κ1) is 14.8. The van der Waals surface area contributed by atoms with E-state index in [2.05, 4.69) is 0 Å². The maximum absolute atomic E-state index is 13.5. The number of benzene rings is 1. The summed E-state index contributed by atoms with van der Waals surface area (Å²) in [7, 11) is -5.25.